The molecule has 5 rings (SSSR count). The van der Waals surface area contributed by atoms with Gasteiger partial charge >= 0.3 is 0 Å². The fourth-order valence-electron chi connectivity index (χ4n) is 4.20. The molecule has 0 atom stereocenters. The molecule has 0 bridgehead atoms. The Morgan fingerprint density at radius 2 is 2.03 bits per heavy atom. The normalized spacial score (nSPS) is 16.8. The molecule has 8 heteroatoms. The summed E-state index contributed by atoms with van der Waals surface area (Å²) >= 11 is 0. The van der Waals surface area contributed by atoms with E-state index in [1.54, 1.807) is 7.11 Å². The van der Waals surface area contributed by atoms with Crippen LogP contribution in [0.4, 0.5) is 0 Å². The molecule has 0 unspecified atom stereocenters. The predicted molar refractivity (Wildman–Crippen MR) is 105 cm³/mol. The lowest BCUT2D eigenvalue weighted by molar-refractivity contribution is 0.0703. The molecule has 1 amide bonds. The summed E-state index contributed by atoms with van der Waals surface area (Å²) in [6.07, 6.45) is 3.74. The number of benzene rings is 1. The molecule has 150 valence electrons. The number of para-hydroxylation sites is 1. The second kappa shape index (κ2) is 7.35. The largest absolute Gasteiger partial charge is 0.496 e. The molecule has 3 aromatic rings. The number of amides is 1. The molecule has 8 nitrogen and oxygen atoms in total. The number of aromatic nitrogens is 4. The van der Waals surface area contributed by atoms with Crippen LogP contribution in [0.3, 0.4) is 0 Å². The van der Waals surface area contributed by atoms with Crippen molar-refractivity contribution >= 4 is 5.91 Å². The Labute approximate surface area is 168 Å². The Hall–Kier alpha value is -3.16. The summed E-state index contributed by atoms with van der Waals surface area (Å²) in [5, 5.41) is 8.66. The van der Waals surface area contributed by atoms with Crippen LogP contribution >= 0.6 is 0 Å². The van der Waals surface area contributed by atoms with Crippen LogP contribution in [-0.2, 0) is 13.0 Å². The van der Waals surface area contributed by atoms with E-state index in [2.05, 4.69) is 15.2 Å². The first-order valence-corrected chi connectivity index (χ1v) is 10.1. The number of aryl methyl sites for hydroxylation is 2. The first-order chi connectivity index (χ1) is 14.2. The van der Waals surface area contributed by atoms with Gasteiger partial charge in [-0.2, -0.15) is 10.1 Å². The van der Waals surface area contributed by atoms with Crippen molar-refractivity contribution in [2.24, 2.45) is 0 Å². The zero-order chi connectivity index (χ0) is 19.8. The SMILES string of the molecule is COc1ccccc1-c1nc(C2CCN(C(=O)c3cc4n(n3)CCC4)CC2)no1. The fourth-order valence-corrected chi connectivity index (χ4v) is 4.20. The van der Waals surface area contributed by atoms with Crippen molar-refractivity contribution in [3.8, 4) is 17.2 Å². The number of carbonyl (C=O) groups excluding carboxylic acids is 1. The maximum atomic E-state index is 12.8. The van der Waals surface area contributed by atoms with E-state index in [0.29, 0.717) is 36.2 Å². The van der Waals surface area contributed by atoms with E-state index >= 15 is 0 Å². The van der Waals surface area contributed by atoms with Crippen LogP contribution in [0.2, 0.25) is 0 Å². The average molecular weight is 393 g/mol. The van der Waals surface area contributed by atoms with E-state index in [1.807, 2.05) is 39.9 Å². The number of hydrogen-bond donors (Lipinski definition) is 0. The first-order valence-electron chi connectivity index (χ1n) is 10.1. The van der Waals surface area contributed by atoms with Crippen LogP contribution in [0.5, 0.6) is 5.75 Å². The number of carbonyl (C=O) groups is 1. The highest BCUT2D eigenvalue weighted by Gasteiger charge is 2.29. The van der Waals surface area contributed by atoms with Gasteiger partial charge in [0.2, 0.25) is 0 Å². The Balaban J connectivity index is 1.25. The van der Waals surface area contributed by atoms with Gasteiger partial charge in [-0.05, 0) is 43.9 Å². The van der Waals surface area contributed by atoms with E-state index in [4.69, 9.17) is 9.26 Å². The molecule has 2 aliphatic heterocycles. The number of fused-ring (bicyclic) bond motifs is 1. The van der Waals surface area contributed by atoms with Crippen molar-refractivity contribution in [2.45, 2.75) is 38.1 Å². The number of likely N-dealkylation sites (tertiary alicyclic amines) is 1. The van der Waals surface area contributed by atoms with E-state index in [1.165, 1.54) is 5.69 Å². The van der Waals surface area contributed by atoms with E-state index in [-0.39, 0.29) is 11.8 Å². The van der Waals surface area contributed by atoms with Gasteiger partial charge in [-0.25, -0.2) is 0 Å². The Morgan fingerprint density at radius 1 is 1.21 bits per heavy atom. The topological polar surface area (TPSA) is 86.3 Å². The van der Waals surface area contributed by atoms with Crippen molar-refractivity contribution in [2.75, 3.05) is 20.2 Å². The summed E-state index contributed by atoms with van der Waals surface area (Å²) in [6.45, 7) is 2.26. The zero-order valence-electron chi connectivity index (χ0n) is 16.4. The molecule has 0 spiro atoms. The van der Waals surface area contributed by atoms with Crippen LogP contribution in [0.1, 0.15) is 47.2 Å². The predicted octanol–water partition coefficient (Wildman–Crippen LogP) is 2.91. The van der Waals surface area contributed by atoms with Crippen molar-refractivity contribution in [3.63, 3.8) is 0 Å². The third kappa shape index (κ3) is 3.28. The summed E-state index contributed by atoms with van der Waals surface area (Å²) in [5.74, 6) is 2.06. The summed E-state index contributed by atoms with van der Waals surface area (Å²) in [4.78, 5) is 19.3. The number of piperidine rings is 1. The molecular weight excluding hydrogens is 370 g/mol. The number of ether oxygens (including phenoxy) is 1. The average Bonchev–Trinajstić information content (AvgIpc) is 3.49. The molecule has 0 aliphatic carbocycles. The molecular formula is C21H23N5O3. The lowest BCUT2D eigenvalue weighted by atomic mass is 9.96. The van der Waals surface area contributed by atoms with Crippen molar-refractivity contribution < 1.29 is 14.1 Å². The van der Waals surface area contributed by atoms with Crippen LogP contribution in [0.25, 0.3) is 11.5 Å². The zero-order valence-corrected chi connectivity index (χ0v) is 16.4. The van der Waals surface area contributed by atoms with Gasteiger partial charge in [0.1, 0.15) is 5.75 Å². The summed E-state index contributed by atoms with van der Waals surface area (Å²) < 4.78 is 12.8. The second-order valence-corrected chi connectivity index (χ2v) is 7.57. The minimum atomic E-state index is 0.0215. The number of rotatable bonds is 4. The number of hydrogen-bond acceptors (Lipinski definition) is 6. The minimum Gasteiger partial charge on any atom is -0.496 e. The highest BCUT2D eigenvalue weighted by atomic mass is 16.5. The summed E-state index contributed by atoms with van der Waals surface area (Å²) in [6, 6.07) is 9.54. The quantitative estimate of drug-likeness (QED) is 0.677. The molecule has 0 radical (unpaired) electrons. The van der Waals surface area contributed by atoms with E-state index in [9.17, 15) is 4.79 Å². The summed E-state index contributed by atoms with van der Waals surface area (Å²) in [7, 11) is 1.62. The molecule has 2 aliphatic rings. The first kappa shape index (κ1) is 17.9. The van der Waals surface area contributed by atoms with E-state index < -0.39 is 0 Å². The van der Waals surface area contributed by atoms with Gasteiger partial charge in [0, 0.05) is 31.2 Å². The second-order valence-electron chi connectivity index (χ2n) is 7.57. The molecule has 1 aromatic carbocycles. The number of nitrogens with zero attached hydrogens (tertiary/aromatic N) is 5. The minimum absolute atomic E-state index is 0.0215. The van der Waals surface area contributed by atoms with Crippen LogP contribution in [-0.4, -0.2) is 50.9 Å². The highest BCUT2D eigenvalue weighted by molar-refractivity contribution is 5.92. The van der Waals surface area contributed by atoms with Gasteiger partial charge < -0.3 is 14.2 Å². The van der Waals surface area contributed by atoms with E-state index in [0.717, 1.165) is 37.8 Å². The van der Waals surface area contributed by atoms with Gasteiger partial charge in [0.05, 0.1) is 12.7 Å². The molecule has 1 fully saturated rings. The van der Waals surface area contributed by atoms with Crippen molar-refractivity contribution in [1.29, 1.82) is 0 Å². The van der Waals surface area contributed by atoms with Gasteiger partial charge in [-0.1, -0.05) is 17.3 Å². The van der Waals surface area contributed by atoms with Crippen LogP contribution < -0.4 is 4.74 Å². The fraction of sp³-hybridized carbons (Fsp3) is 0.429. The van der Waals surface area contributed by atoms with Gasteiger partial charge in [0.15, 0.2) is 11.5 Å². The highest BCUT2D eigenvalue weighted by Crippen LogP contribution is 2.32. The number of methoxy groups -OCH3 is 1. The van der Waals surface area contributed by atoms with Gasteiger partial charge in [-0.3, -0.25) is 9.48 Å². The smallest absolute Gasteiger partial charge is 0.274 e. The van der Waals surface area contributed by atoms with Crippen molar-refractivity contribution in [3.05, 3.63) is 47.5 Å². The molecule has 0 saturated carbocycles. The Morgan fingerprint density at radius 3 is 2.83 bits per heavy atom. The van der Waals surface area contributed by atoms with Gasteiger partial charge in [-0.15, -0.1) is 0 Å². The van der Waals surface area contributed by atoms with Crippen LogP contribution in [0, 0.1) is 0 Å². The summed E-state index contributed by atoms with van der Waals surface area (Å²) in [5.41, 5.74) is 2.52. The molecule has 1 saturated heterocycles. The lowest BCUT2D eigenvalue weighted by Gasteiger charge is -2.30. The molecule has 0 N–H and O–H groups in total. The van der Waals surface area contributed by atoms with Crippen LogP contribution in [0.15, 0.2) is 34.9 Å². The molecule has 2 aromatic heterocycles. The Bertz CT molecular complexity index is 1010. The standard InChI is InChI=1S/C21H23N5O3/c1-28-18-7-3-2-6-16(18)20-22-19(24-29-20)14-8-11-25(12-9-14)21(27)17-13-15-5-4-10-26(15)23-17/h2-3,6-7,13-14H,4-5,8-12H2,1H3. The molecule has 29 heavy (non-hydrogen) atoms. The Kier molecular flexibility index (Phi) is 4.54. The third-order valence-corrected chi connectivity index (χ3v) is 5.81. The van der Waals surface area contributed by atoms with Crippen molar-refractivity contribution in [1.82, 2.24) is 24.8 Å². The maximum Gasteiger partial charge on any atom is 0.274 e. The monoisotopic (exact) mass is 393 g/mol. The molecule has 4 heterocycles. The third-order valence-electron chi connectivity index (χ3n) is 5.81. The lowest BCUT2D eigenvalue weighted by Crippen LogP contribution is -2.38. The van der Waals surface area contributed by atoms with Gasteiger partial charge in [0.25, 0.3) is 11.8 Å². The maximum absolute atomic E-state index is 12.8.